The molecule has 0 aromatic rings. The molecular formula is C8H15NO3. The maximum atomic E-state index is 9.51. The number of aliphatic hydroxyl groups excluding tert-OH is 3. The van der Waals surface area contributed by atoms with Crippen LogP contribution in [0.5, 0.6) is 0 Å². The molecule has 2 saturated heterocycles. The fraction of sp³-hybridized carbons (Fsp3) is 1.00. The topological polar surface area (TPSA) is 63.9 Å². The third-order valence-electron chi connectivity index (χ3n) is 2.94. The lowest BCUT2D eigenvalue weighted by atomic mass is 9.98. The van der Waals surface area contributed by atoms with Gasteiger partial charge in [-0.3, -0.25) is 4.90 Å². The van der Waals surface area contributed by atoms with Crippen molar-refractivity contribution in [2.75, 3.05) is 13.1 Å². The molecule has 70 valence electrons. The fourth-order valence-electron chi connectivity index (χ4n) is 2.21. The maximum Gasteiger partial charge on any atom is 0.0967 e. The highest BCUT2D eigenvalue weighted by Gasteiger charge is 2.42. The van der Waals surface area contributed by atoms with Gasteiger partial charge in [0.25, 0.3) is 0 Å². The van der Waals surface area contributed by atoms with E-state index in [0.29, 0.717) is 13.0 Å². The average Bonchev–Trinajstić information content (AvgIpc) is 2.31. The molecule has 0 unspecified atom stereocenters. The van der Waals surface area contributed by atoms with E-state index < -0.39 is 12.2 Å². The van der Waals surface area contributed by atoms with Gasteiger partial charge in [-0.1, -0.05) is 0 Å². The zero-order valence-corrected chi connectivity index (χ0v) is 6.93. The summed E-state index contributed by atoms with van der Waals surface area (Å²) < 4.78 is 0. The first-order chi connectivity index (χ1) is 5.68. The number of rotatable bonds is 0. The van der Waals surface area contributed by atoms with Gasteiger partial charge in [-0.05, 0) is 12.8 Å². The Morgan fingerprint density at radius 3 is 2.67 bits per heavy atom. The van der Waals surface area contributed by atoms with Gasteiger partial charge < -0.3 is 15.3 Å². The van der Waals surface area contributed by atoms with E-state index in [4.69, 9.17) is 0 Å². The van der Waals surface area contributed by atoms with Crippen molar-refractivity contribution in [2.45, 2.75) is 37.2 Å². The van der Waals surface area contributed by atoms with Crippen molar-refractivity contribution in [3.8, 4) is 0 Å². The van der Waals surface area contributed by atoms with E-state index in [1.165, 1.54) is 0 Å². The molecule has 12 heavy (non-hydrogen) atoms. The van der Waals surface area contributed by atoms with Crippen molar-refractivity contribution >= 4 is 0 Å². The minimum absolute atomic E-state index is 0.0243. The van der Waals surface area contributed by atoms with Crippen LogP contribution in [-0.2, 0) is 0 Å². The van der Waals surface area contributed by atoms with Gasteiger partial charge in [0.15, 0.2) is 0 Å². The molecule has 0 spiro atoms. The molecule has 0 aromatic heterocycles. The maximum absolute atomic E-state index is 9.51. The van der Waals surface area contributed by atoms with Crippen LogP contribution in [0.15, 0.2) is 0 Å². The summed E-state index contributed by atoms with van der Waals surface area (Å²) >= 11 is 0. The third kappa shape index (κ3) is 1.25. The second-order valence-electron chi connectivity index (χ2n) is 3.80. The molecule has 0 saturated carbocycles. The average molecular weight is 173 g/mol. The lowest BCUT2D eigenvalue weighted by molar-refractivity contribution is 0.00403. The van der Waals surface area contributed by atoms with E-state index in [9.17, 15) is 15.3 Å². The number of aliphatic hydroxyl groups is 3. The third-order valence-corrected chi connectivity index (χ3v) is 2.94. The van der Waals surface area contributed by atoms with Gasteiger partial charge in [0.05, 0.1) is 18.3 Å². The highest BCUT2D eigenvalue weighted by Crippen LogP contribution is 2.27. The number of hydrogen-bond acceptors (Lipinski definition) is 4. The molecule has 0 amide bonds. The molecule has 4 heteroatoms. The largest absolute Gasteiger partial charge is 0.393 e. The molecule has 2 aliphatic heterocycles. The van der Waals surface area contributed by atoms with Crippen molar-refractivity contribution in [2.24, 2.45) is 0 Å². The van der Waals surface area contributed by atoms with E-state index in [-0.39, 0.29) is 12.1 Å². The Bertz CT molecular complexity index is 176. The van der Waals surface area contributed by atoms with Gasteiger partial charge in [-0.25, -0.2) is 0 Å². The monoisotopic (exact) mass is 173 g/mol. The first kappa shape index (κ1) is 8.44. The molecule has 2 rings (SSSR count). The van der Waals surface area contributed by atoms with Crippen LogP contribution in [0.3, 0.4) is 0 Å². The van der Waals surface area contributed by atoms with Gasteiger partial charge in [-0.15, -0.1) is 0 Å². The molecule has 2 fully saturated rings. The smallest absolute Gasteiger partial charge is 0.0967 e. The Morgan fingerprint density at radius 2 is 1.92 bits per heavy atom. The van der Waals surface area contributed by atoms with Crippen molar-refractivity contribution in [3.63, 3.8) is 0 Å². The summed E-state index contributed by atoms with van der Waals surface area (Å²) in [6.07, 6.45) is -0.236. The Kier molecular flexibility index (Phi) is 2.08. The van der Waals surface area contributed by atoms with E-state index >= 15 is 0 Å². The van der Waals surface area contributed by atoms with Gasteiger partial charge >= 0.3 is 0 Å². The van der Waals surface area contributed by atoms with Crippen molar-refractivity contribution in [1.29, 1.82) is 0 Å². The second-order valence-corrected chi connectivity index (χ2v) is 3.80. The minimum atomic E-state index is -0.667. The molecule has 3 N–H and O–H groups in total. The van der Waals surface area contributed by atoms with Crippen molar-refractivity contribution < 1.29 is 15.3 Å². The van der Waals surface area contributed by atoms with Crippen molar-refractivity contribution in [1.82, 2.24) is 4.90 Å². The first-order valence-corrected chi connectivity index (χ1v) is 4.46. The lowest BCUT2D eigenvalue weighted by Crippen LogP contribution is -2.44. The molecular weight excluding hydrogens is 158 g/mol. The number of piperidine rings is 1. The summed E-state index contributed by atoms with van der Waals surface area (Å²) in [6.45, 7) is 1.35. The van der Waals surface area contributed by atoms with E-state index in [2.05, 4.69) is 4.90 Å². The molecule has 2 heterocycles. The van der Waals surface area contributed by atoms with Crippen LogP contribution in [0.25, 0.3) is 0 Å². The summed E-state index contributed by atoms with van der Waals surface area (Å²) in [7, 11) is 0. The molecule has 4 atom stereocenters. The summed E-state index contributed by atoms with van der Waals surface area (Å²) in [5, 5.41) is 28.2. The summed E-state index contributed by atoms with van der Waals surface area (Å²) in [6, 6.07) is -0.0243. The van der Waals surface area contributed by atoms with Crippen LogP contribution in [0.4, 0.5) is 0 Å². The minimum Gasteiger partial charge on any atom is -0.393 e. The van der Waals surface area contributed by atoms with Crippen LogP contribution in [0.1, 0.15) is 12.8 Å². The second kappa shape index (κ2) is 2.96. The summed E-state index contributed by atoms with van der Waals surface area (Å²) in [5.74, 6) is 0. The van der Waals surface area contributed by atoms with Crippen LogP contribution in [0, 0.1) is 0 Å². The summed E-state index contributed by atoms with van der Waals surface area (Å²) in [4.78, 5) is 2.06. The first-order valence-electron chi connectivity index (χ1n) is 4.46. The number of fused-ring (bicyclic) bond motifs is 1. The van der Waals surface area contributed by atoms with E-state index in [1.54, 1.807) is 0 Å². The molecule has 0 aliphatic carbocycles. The predicted octanol–water partition coefficient (Wildman–Crippen LogP) is -1.45. The van der Waals surface area contributed by atoms with Crippen molar-refractivity contribution in [3.05, 3.63) is 0 Å². The quantitative estimate of drug-likeness (QED) is 0.419. The highest BCUT2D eigenvalue weighted by molar-refractivity contribution is 4.97. The van der Waals surface area contributed by atoms with Gasteiger partial charge in [0, 0.05) is 19.1 Å². The fourth-order valence-corrected chi connectivity index (χ4v) is 2.21. The Balaban J connectivity index is 2.05. The number of nitrogens with zero attached hydrogens (tertiary/aromatic N) is 1. The highest BCUT2D eigenvalue weighted by atomic mass is 16.3. The van der Waals surface area contributed by atoms with Crippen LogP contribution in [-0.4, -0.2) is 57.7 Å². The molecule has 2 aliphatic rings. The Morgan fingerprint density at radius 1 is 1.17 bits per heavy atom. The van der Waals surface area contributed by atoms with Crippen LogP contribution >= 0.6 is 0 Å². The Hall–Kier alpha value is -0.160. The van der Waals surface area contributed by atoms with E-state index in [1.807, 2.05) is 0 Å². The molecule has 4 nitrogen and oxygen atoms in total. The summed E-state index contributed by atoms with van der Waals surface area (Å²) in [5.41, 5.74) is 0. The van der Waals surface area contributed by atoms with Crippen LogP contribution in [0.2, 0.25) is 0 Å². The molecule has 0 bridgehead atoms. The van der Waals surface area contributed by atoms with E-state index in [0.717, 1.165) is 13.0 Å². The predicted molar refractivity (Wildman–Crippen MR) is 42.6 cm³/mol. The van der Waals surface area contributed by atoms with Gasteiger partial charge in [0.2, 0.25) is 0 Å². The standard InChI is InChI=1S/C8H15NO3/c10-5-1-2-9-4-7(11)8(12)6(9)3-5/h5-8,10-12H,1-4H2/t5-,6-,7-,8-/m0/s1. The molecule has 0 radical (unpaired) electrons. The zero-order chi connectivity index (χ0) is 8.72. The lowest BCUT2D eigenvalue weighted by Gasteiger charge is -2.33. The normalized spacial score (nSPS) is 49.2. The Labute approximate surface area is 71.4 Å². The van der Waals surface area contributed by atoms with Gasteiger partial charge in [0.1, 0.15) is 0 Å². The van der Waals surface area contributed by atoms with Gasteiger partial charge in [-0.2, -0.15) is 0 Å². The zero-order valence-electron chi connectivity index (χ0n) is 6.93. The van der Waals surface area contributed by atoms with Crippen LogP contribution < -0.4 is 0 Å². The SMILES string of the molecule is O[C@H]1CCN2C[C@H](O)[C@@H](O)[C@@H]2C1. The molecule has 0 aromatic carbocycles. The number of hydrogen-bond donors (Lipinski definition) is 3.